The maximum atomic E-state index is 13.7. The Morgan fingerprint density at radius 3 is 2.33 bits per heavy atom. The van der Waals surface area contributed by atoms with E-state index in [0.717, 1.165) is 24.1 Å². The molecule has 144 valence electrons. The third-order valence-electron chi connectivity index (χ3n) is 4.48. The fourth-order valence-corrected chi connectivity index (χ4v) is 2.72. The molecule has 4 nitrogen and oxygen atoms in total. The lowest BCUT2D eigenvalue weighted by Crippen LogP contribution is -2.33. The fraction of sp³-hybridized carbons (Fsp3) is 0.333. The van der Waals surface area contributed by atoms with E-state index in [1.54, 1.807) is 0 Å². The van der Waals surface area contributed by atoms with Crippen molar-refractivity contribution in [1.82, 2.24) is 0 Å². The molecule has 1 N–H and O–H groups in total. The van der Waals surface area contributed by atoms with E-state index < -0.39 is 35.5 Å². The quantitative estimate of drug-likeness (QED) is 0.716. The van der Waals surface area contributed by atoms with Crippen LogP contribution in [-0.2, 0) is 14.3 Å². The van der Waals surface area contributed by atoms with Crippen LogP contribution in [0.25, 0.3) is 0 Å². The zero-order valence-electron chi connectivity index (χ0n) is 15.5. The van der Waals surface area contributed by atoms with Gasteiger partial charge in [-0.25, -0.2) is 8.78 Å². The molecule has 1 amide bonds. The van der Waals surface area contributed by atoms with Crippen molar-refractivity contribution in [2.24, 2.45) is 5.92 Å². The number of esters is 1. The van der Waals surface area contributed by atoms with Crippen molar-refractivity contribution in [1.29, 1.82) is 0 Å². The van der Waals surface area contributed by atoms with E-state index in [-0.39, 0.29) is 11.6 Å². The Kier molecular flexibility index (Phi) is 7.05. The van der Waals surface area contributed by atoms with Crippen LogP contribution in [0.1, 0.15) is 38.7 Å². The molecule has 3 atom stereocenters. The van der Waals surface area contributed by atoms with Crippen LogP contribution in [0.5, 0.6) is 0 Å². The van der Waals surface area contributed by atoms with Crippen LogP contribution in [0.4, 0.5) is 14.5 Å². The first-order valence-electron chi connectivity index (χ1n) is 8.84. The van der Waals surface area contributed by atoms with Crippen LogP contribution in [-0.4, -0.2) is 18.0 Å². The van der Waals surface area contributed by atoms with Crippen molar-refractivity contribution in [2.45, 2.75) is 39.2 Å². The molecule has 0 spiro atoms. The summed E-state index contributed by atoms with van der Waals surface area (Å²) in [5, 5.41) is 2.31. The van der Waals surface area contributed by atoms with Gasteiger partial charge in [0.15, 0.2) is 6.10 Å². The number of amides is 1. The van der Waals surface area contributed by atoms with Crippen LogP contribution in [0.15, 0.2) is 48.5 Å². The van der Waals surface area contributed by atoms with Crippen molar-refractivity contribution in [3.63, 3.8) is 0 Å². The third-order valence-corrected chi connectivity index (χ3v) is 4.48. The lowest BCUT2D eigenvalue weighted by atomic mass is 9.85. The van der Waals surface area contributed by atoms with Crippen LogP contribution in [0.2, 0.25) is 0 Å². The fourth-order valence-electron chi connectivity index (χ4n) is 2.72. The van der Waals surface area contributed by atoms with Gasteiger partial charge < -0.3 is 10.1 Å². The molecule has 0 aromatic heterocycles. The summed E-state index contributed by atoms with van der Waals surface area (Å²) in [7, 11) is 0. The van der Waals surface area contributed by atoms with E-state index in [9.17, 15) is 18.4 Å². The maximum Gasteiger partial charge on any atom is 0.314 e. The molecule has 0 saturated carbocycles. The van der Waals surface area contributed by atoms with Crippen molar-refractivity contribution in [3.8, 4) is 0 Å². The second-order valence-electron chi connectivity index (χ2n) is 6.47. The highest BCUT2D eigenvalue weighted by Gasteiger charge is 2.30. The smallest absolute Gasteiger partial charge is 0.314 e. The van der Waals surface area contributed by atoms with Crippen LogP contribution >= 0.6 is 0 Å². The van der Waals surface area contributed by atoms with Crippen molar-refractivity contribution in [2.75, 3.05) is 5.32 Å². The molecular weight excluding hydrogens is 352 g/mol. The molecule has 0 aliphatic rings. The largest absolute Gasteiger partial charge is 0.452 e. The van der Waals surface area contributed by atoms with Gasteiger partial charge in [0.2, 0.25) is 0 Å². The van der Waals surface area contributed by atoms with Gasteiger partial charge in [0.25, 0.3) is 5.91 Å². The highest BCUT2D eigenvalue weighted by atomic mass is 19.1. The summed E-state index contributed by atoms with van der Waals surface area (Å²) in [5.74, 6) is -3.34. The number of hydrogen-bond donors (Lipinski definition) is 1. The van der Waals surface area contributed by atoms with Crippen molar-refractivity contribution in [3.05, 3.63) is 65.7 Å². The van der Waals surface area contributed by atoms with E-state index >= 15 is 0 Å². The summed E-state index contributed by atoms with van der Waals surface area (Å²) < 4.78 is 32.0. The van der Waals surface area contributed by atoms with Gasteiger partial charge in [0.1, 0.15) is 11.6 Å². The van der Waals surface area contributed by atoms with Gasteiger partial charge in [0, 0.05) is 6.07 Å². The van der Waals surface area contributed by atoms with Gasteiger partial charge in [-0.2, -0.15) is 0 Å². The van der Waals surface area contributed by atoms with Gasteiger partial charge in [-0.15, -0.1) is 0 Å². The minimum atomic E-state index is -1.13. The van der Waals surface area contributed by atoms with Gasteiger partial charge in [-0.05, 0) is 30.5 Å². The number of benzene rings is 2. The summed E-state index contributed by atoms with van der Waals surface area (Å²) in [6, 6.07) is 12.0. The summed E-state index contributed by atoms with van der Waals surface area (Å²) >= 11 is 0. The highest BCUT2D eigenvalue weighted by Crippen LogP contribution is 2.29. The molecule has 0 unspecified atom stereocenters. The minimum Gasteiger partial charge on any atom is -0.452 e. The predicted octanol–water partition coefficient (Wildman–Crippen LogP) is 4.66. The standard InChI is InChI=1S/C21H23F2NO3/c1-4-13(2)19(15-8-6-5-7-9-15)21(26)27-14(3)20(25)24-18-11-10-16(22)12-17(18)23/h5-14,19H,4H2,1-3H3,(H,24,25)/t13-,14-,19-/m0/s1. The van der Waals surface area contributed by atoms with E-state index in [0.29, 0.717) is 6.07 Å². The molecular formula is C21H23F2NO3. The number of hydrogen-bond acceptors (Lipinski definition) is 3. The second-order valence-corrected chi connectivity index (χ2v) is 6.47. The molecule has 0 radical (unpaired) electrons. The number of rotatable bonds is 7. The normalized spacial score (nSPS) is 14.1. The van der Waals surface area contributed by atoms with Gasteiger partial charge >= 0.3 is 5.97 Å². The van der Waals surface area contributed by atoms with Crippen LogP contribution in [0.3, 0.4) is 0 Å². The summed E-state index contributed by atoms with van der Waals surface area (Å²) in [4.78, 5) is 24.9. The van der Waals surface area contributed by atoms with Crippen LogP contribution < -0.4 is 5.32 Å². The minimum absolute atomic E-state index is 0.0182. The number of anilines is 1. The average Bonchev–Trinajstić information content (AvgIpc) is 2.64. The Hall–Kier alpha value is -2.76. The molecule has 6 heteroatoms. The van der Waals surface area contributed by atoms with Crippen molar-refractivity contribution < 1.29 is 23.1 Å². The molecule has 27 heavy (non-hydrogen) atoms. The maximum absolute atomic E-state index is 13.7. The molecule has 0 heterocycles. The second kappa shape index (κ2) is 9.26. The SMILES string of the molecule is CC[C@H](C)[C@H](C(=O)O[C@@H](C)C(=O)Nc1ccc(F)cc1F)c1ccccc1. The number of nitrogens with one attached hydrogen (secondary N) is 1. The van der Waals surface area contributed by atoms with E-state index in [4.69, 9.17) is 4.74 Å². The summed E-state index contributed by atoms with van der Waals surface area (Å²) in [6.07, 6.45) is -0.368. The Balaban J connectivity index is 2.08. The first kappa shape index (κ1) is 20.6. The zero-order valence-corrected chi connectivity index (χ0v) is 15.5. The molecule has 2 rings (SSSR count). The molecule has 2 aromatic carbocycles. The van der Waals surface area contributed by atoms with Gasteiger partial charge in [0.05, 0.1) is 11.6 Å². The molecule has 2 aromatic rings. The number of halogens is 2. The first-order chi connectivity index (χ1) is 12.8. The monoisotopic (exact) mass is 375 g/mol. The lowest BCUT2D eigenvalue weighted by molar-refractivity contribution is -0.155. The summed E-state index contributed by atoms with van der Waals surface area (Å²) in [5.41, 5.74) is 0.639. The lowest BCUT2D eigenvalue weighted by Gasteiger charge is -2.24. The summed E-state index contributed by atoms with van der Waals surface area (Å²) in [6.45, 7) is 5.33. The van der Waals surface area contributed by atoms with Crippen LogP contribution in [0, 0.1) is 17.6 Å². The molecule has 0 saturated heterocycles. The first-order valence-corrected chi connectivity index (χ1v) is 8.84. The molecule has 0 bridgehead atoms. The Morgan fingerprint density at radius 1 is 1.07 bits per heavy atom. The Morgan fingerprint density at radius 2 is 1.74 bits per heavy atom. The van der Waals surface area contributed by atoms with E-state index in [2.05, 4.69) is 5.32 Å². The van der Waals surface area contributed by atoms with Gasteiger partial charge in [-0.3, -0.25) is 9.59 Å². The highest BCUT2D eigenvalue weighted by molar-refractivity contribution is 5.95. The number of carbonyl (C=O) groups is 2. The van der Waals surface area contributed by atoms with Gasteiger partial charge in [-0.1, -0.05) is 50.6 Å². The topological polar surface area (TPSA) is 55.4 Å². The zero-order chi connectivity index (χ0) is 20.0. The molecule has 0 aliphatic heterocycles. The molecule has 0 aliphatic carbocycles. The average molecular weight is 375 g/mol. The Labute approximate surface area is 157 Å². The predicted molar refractivity (Wildman–Crippen MR) is 99.2 cm³/mol. The van der Waals surface area contributed by atoms with Crippen molar-refractivity contribution >= 4 is 17.6 Å². The van der Waals surface area contributed by atoms with E-state index in [1.165, 1.54) is 6.92 Å². The third kappa shape index (κ3) is 5.36. The number of ether oxygens (including phenoxy) is 1. The Bertz CT molecular complexity index is 795. The molecule has 0 fully saturated rings. The number of carbonyl (C=O) groups excluding carboxylic acids is 2. The van der Waals surface area contributed by atoms with E-state index in [1.807, 2.05) is 44.2 Å².